The molecule has 0 aromatic carbocycles. The maximum Gasteiger partial charge on any atom is 0.405 e. The normalized spacial score (nSPS) is 14.7. The Morgan fingerprint density at radius 3 is 2.61 bits per heavy atom. The summed E-state index contributed by atoms with van der Waals surface area (Å²) >= 11 is 0.981. The molecular weight excluding hydrogens is 335 g/mol. The highest BCUT2D eigenvalue weighted by atomic mass is 32.2. The molecule has 1 aliphatic rings. The molecule has 3 N–H and O–H groups in total. The van der Waals surface area contributed by atoms with E-state index in [1.165, 1.54) is 0 Å². The molecule has 0 aliphatic heterocycles. The average Bonchev–Trinajstić information content (AvgIpc) is 3.21. The van der Waals surface area contributed by atoms with E-state index in [4.69, 9.17) is 5.73 Å². The number of thioether (sulfide) groups is 1. The van der Waals surface area contributed by atoms with Crippen LogP contribution in [0.4, 0.5) is 13.2 Å². The van der Waals surface area contributed by atoms with E-state index >= 15 is 0 Å². The molecule has 128 valence electrons. The number of alkyl halides is 3. The lowest BCUT2D eigenvalue weighted by Gasteiger charge is -2.09. The number of rotatable bonds is 8. The number of carbonyl (C=O) groups excluding carboxylic acids is 2. The minimum Gasteiger partial charge on any atom is -0.370 e. The Hall–Kier alpha value is -1.78. The van der Waals surface area contributed by atoms with Gasteiger partial charge in [0.05, 0.1) is 5.75 Å². The minimum atomic E-state index is -4.44. The van der Waals surface area contributed by atoms with Crippen molar-refractivity contribution in [2.75, 3.05) is 12.3 Å². The number of nitrogens with zero attached hydrogens (tertiary/aromatic N) is 3. The first-order chi connectivity index (χ1) is 10.8. The Morgan fingerprint density at radius 1 is 1.35 bits per heavy atom. The molecule has 0 saturated heterocycles. The van der Waals surface area contributed by atoms with Crippen LogP contribution in [0.5, 0.6) is 0 Å². The number of carbonyl (C=O) groups is 2. The topological polar surface area (TPSA) is 103 Å². The molecule has 23 heavy (non-hydrogen) atoms. The first kappa shape index (κ1) is 17.6. The molecule has 0 bridgehead atoms. The minimum absolute atomic E-state index is 0.103. The summed E-state index contributed by atoms with van der Waals surface area (Å²) in [5.74, 6) is -0.424. The number of nitrogens with one attached hydrogen (secondary N) is 1. The van der Waals surface area contributed by atoms with E-state index in [0.717, 1.165) is 30.4 Å². The highest BCUT2D eigenvalue weighted by molar-refractivity contribution is 7.99. The predicted molar refractivity (Wildman–Crippen MR) is 75.6 cm³/mol. The van der Waals surface area contributed by atoms with Crippen LogP contribution in [-0.2, 0) is 16.1 Å². The standard InChI is InChI=1S/C12H16F3N5O2S/c13-12(14,15)6-17-9(22)5-23-11-19-18-10(7-1-2-7)20(11)4-3-8(16)21/h7H,1-6H2,(H2,16,21)(H,17,22). The number of hydrogen-bond acceptors (Lipinski definition) is 5. The maximum absolute atomic E-state index is 12.0. The Bertz CT molecular complexity index is 586. The van der Waals surface area contributed by atoms with E-state index in [1.54, 1.807) is 9.88 Å². The van der Waals surface area contributed by atoms with Crippen LogP contribution in [-0.4, -0.2) is 45.1 Å². The zero-order chi connectivity index (χ0) is 17.0. The van der Waals surface area contributed by atoms with E-state index in [1.807, 2.05) is 0 Å². The number of primary amides is 1. The number of aromatic nitrogens is 3. The number of halogens is 3. The first-order valence-corrected chi connectivity index (χ1v) is 7.92. The molecule has 0 unspecified atom stereocenters. The Balaban J connectivity index is 1.93. The maximum atomic E-state index is 12.0. The summed E-state index contributed by atoms with van der Waals surface area (Å²) in [7, 11) is 0. The van der Waals surface area contributed by atoms with Gasteiger partial charge in [-0.05, 0) is 12.8 Å². The second kappa shape index (κ2) is 7.20. The summed E-state index contributed by atoms with van der Waals surface area (Å²) in [6.07, 6.45) is -2.39. The third-order valence-electron chi connectivity index (χ3n) is 3.09. The Labute approximate surface area is 134 Å². The van der Waals surface area contributed by atoms with Crippen molar-refractivity contribution in [3.8, 4) is 0 Å². The third kappa shape index (κ3) is 5.73. The van der Waals surface area contributed by atoms with Crippen LogP contribution in [0.3, 0.4) is 0 Å². The Kier molecular flexibility index (Phi) is 5.50. The van der Waals surface area contributed by atoms with Crippen molar-refractivity contribution in [1.29, 1.82) is 0 Å². The van der Waals surface area contributed by atoms with E-state index < -0.39 is 24.5 Å². The monoisotopic (exact) mass is 351 g/mol. The van der Waals surface area contributed by atoms with Gasteiger partial charge >= 0.3 is 6.18 Å². The van der Waals surface area contributed by atoms with Crippen LogP contribution in [0, 0.1) is 0 Å². The van der Waals surface area contributed by atoms with Gasteiger partial charge in [-0.2, -0.15) is 13.2 Å². The Morgan fingerprint density at radius 2 is 2.04 bits per heavy atom. The van der Waals surface area contributed by atoms with Gasteiger partial charge < -0.3 is 15.6 Å². The van der Waals surface area contributed by atoms with Crippen molar-refractivity contribution in [3.63, 3.8) is 0 Å². The van der Waals surface area contributed by atoms with Crippen molar-refractivity contribution >= 4 is 23.6 Å². The largest absolute Gasteiger partial charge is 0.405 e. The van der Waals surface area contributed by atoms with Gasteiger partial charge in [0.15, 0.2) is 5.16 Å². The number of hydrogen-bond donors (Lipinski definition) is 2. The zero-order valence-electron chi connectivity index (χ0n) is 12.1. The average molecular weight is 351 g/mol. The van der Waals surface area contributed by atoms with Crippen LogP contribution < -0.4 is 11.1 Å². The lowest BCUT2D eigenvalue weighted by atomic mass is 10.3. The van der Waals surface area contributed by atoms with Gasteiger partial charge in [-0.25, -0.2) is 0 Å². The molecule has 1 saturated carbocycles. The van der Waals surface area contributed by atoms with Crippen LogP contribution >= 0.6 is 11.8 Å². The summed E-state index contributed by atoms with van der Waals surface area (Å²) in [6, 6.07) is 0. The predicted octanol–water partition coefficient (Wildman–Crippen LogP) is 0.801. The van der Waals surface area contributed by atoms with Gasteiger partial charge in [-0.15, -0.1) is 10.2 Å². The molecule has 2 rings (SSSR count). The van der Waals surface area contributed by atoms with Gasteiger partial charge in [0.2, 0.25) is 11.8 Å². The molecular formula is C12H16F3N5O2S. The van der Waals surface area contributed by atoms with Crippen LogP contribution in [0.25, 0.3) is 0 Å². The molecule has 11 heteroatoms. The van der Waals surface area contributed by atoms with Crippen molar-refractivity contribution in [2.24, 2.45) is 5.73 Å². The highest BCUT2D eigenvalue weighted by Gasteiger charge is 2.31. The zero-order valence-corrected chi connectivity index (χ0v) is 12.9. The summed E-state index contributed by atoms with van der Waals surface area (Å²) < 4.78 is 37.8. The molecule has 1 aromatic rings. The second-order valence-corrected chi connectivity index (χ2v) is 6.11. The third-order valence-corrected chi connectivity index (χ3v) is 4.05. The highest BCUT2D eigenvalue weighted by Crippen LogP contribution is 2.40. The number of amides is 2. The molecule has 1 fully saturated rings. The number of nitrogens with two attached hydrogens (primary N) is 1. The van der Waals surface area contributed by atoms with E-state index in [-0.39, 0.29) is 18.1 Å². The van der Waals surface area contributed by atoms with Gasteiger partial charge in [0.1, 0.15) is 12.4 Å². The summed E-state index contributed by atoms with van der Waals surface area (Å²) in [4.78, 5) is 22.4. The van der Waals surface area contributed by atoms with Gasteiger partial charge in [0, 0.05) is 18.9 Å². The molecule has 0 spiro atoms. The van der Waals surface area contributed by atoms with Gasteiger partial charge in [-0.1, -0.05) is 11.8 Å². The molecule has 7 nitrogen and oxygen atoms in total. The molecule has 1 aromatic heterocycles. The van der Waals surface area contributed by atoms with Crippen molar-refractivity contribution in [3.05, 3.63) is 5.82 Å². The quantitative estimate of drug-likeness (QED) is 0.675. The lowest BCUT2D eigenvalue weighted by Crippen LogP contribution is -2.34. The van der Waals surface area contributed by atoms with Crippen LogP contribution in [0.15, 0.2) is 5.16 Å². The lowest BCUT2D eigenvalue weighted by molar-refractivity contribution is -0.136. The molecule has 2 amide bonds. The van der Waals surface area contributed by atoms with E-state index in [2.05, 4.69) is 10.2 Å². The smallest absolute Gasteiger partial charge is 0.370 e. The van der Waals surface area contributed by atoms with Crippen molar-refractivity contribution in [2.45, 2.75) is 43.1 Å². The second-order valence-electron chi connectivity index (χ2n) is 5.16. The van der Waals surface area contributed by atoms with E-state index in [0.29, 0.717) is 11.7 Å². The summed E-state index contributed by atoms with van der Waals surface area (Å²) in [6.45, 7) is -1.07. The van der Waals surface area contributed by atoms with Gasteiger partial charge in [-0.3, -0.25) is 9.59 Å². The fourth-order valence-corrected chi connectivity index (χ4v) is 2.66. The van der Waals surface area contributed by atoms with Gasteiger partial charge in [0.25, 0.3) is 0 Å². The molecule has 1 heterocycles. The molecule has 0 radical (unpaired) electrons. The molecule has 1 aliphatic carbocycles. The first-order valence-electron chi connectivity index (χ1n) is 6.94. The summed E-state index contributed by atoms with van der Waals surface area (Å²) in [5, 5.41) is 10.2. The SMILES string of the molecule is NC(=O)CCn1c(SCC(=O)NCC(F)(F)F)nnc1C1CC1. The fourth-order valence-electron chi connectivity index (χ4n) is 1.86. The summed E-state index contributed by atoms with van der Waals surface area (Å²) in [5.41, 5.74) is 5.13. The fraction of sp³-hybridized carbons (Fsp3) is 0.667. The van der Waals surface area contributed by atoms with E-state index in [9.17, 15) is 22.8 Å². The van der Waals surface area contributed by atoms with Crippen molar-refractivity contribution in [1.82, 2.24) is 20.1 Å². The van der Waals surface area contributed by atoms with Crippen molar-refractivity contribution < 1.29 is 22.8 Å². The molecule has 0 atom stereocenters. The van der Waals surface area contributed by atoms with Crippen LogP contribution in [0.2, 0.25) is 0 Å². The van der Waals surface area contributed by atoms with Crippen LogP contribution in [0.1, 0.15) is 31.0 Å².